The molecule has 3 N–H and O–H groups in total. The number of carbonyl (C=O) groups is 2. The molecule has 10 heteroatoms. The van der Waals surface area contributed by atoms with Crippen LogP contribution in [-0.4, -0.2) is 54.3 Å². The molecule has 0 aliphatic heterocycles. The summed E-state index contributed by atoms with van der Waals surface area (Å²) in [5, 5.41) is 12.5. The molecule has 35 heavy (non-hydrogen) atoms. The van der Waals surface area contributed by atoms with E-state index >= 15 is 0 Å². The number of aliphatic hydroxyl groups excluding tert-OH is 1. The Morgan fingerprint density at radius 2 is 1.29 bits per heavy atom. The number of amides is 1. The van der Waals surface area contributed by atoms with Crippen LogP contribution in [0.3, 0.4) is 0 Å². The molecule has 2 atom stereocenters. The Bertz CT molecular complexity index is 576. The zero-order chi connectivity index (χ0) is 26.2. The smallest absolute Gasteiger partial charge is 0.463 e. The van der Waals surface area contributed by atoms with Crippen LogP contribution in [0.1, 0.15) is 117 Å². The van der Waals surface area contributed by atoms with Crippen LogP contribution < -0.4 is 5.32 Å². The lowest BCUT2D eigenvalue weighted by molar-refractivity contribution is -0.147. The van der Waals surface area contributed by atoms with Crippen LogP contribution in [0.5, 0.6) is 0 Å². The largest absolute Gasteiger partial charge is 0.472 e. The molecule has 0 aromatic heterocycles. The van der Waals surface area contributed by atoms with Gasteiger partial charge in [-0.25, -0.2) is 4.57 Å². The first-order valence-corrected chi connectivity index (χ1v) is 15.0. The Kier molecular flexibility index (Phi) is 22.7. The van der Waals surface area contributed by atoms with Gasteiger partial charge in [-0.3, -0.25) is 18.6 Å². The van der Waals surface area contributed by atoms with Crippen LogP contribution in [0.2, 0.25) is 0 Å². The number of aliphatic hydroxyl groups is 1. The summed E-state index contributed by atoms with van der Waals surface area (Å²) in [6, 6.07) is 0. The number of esters is 1. The van der Waals surface area contributed by atoms with E-state index in [9.17, 15) is 24.2 Å². The number of hydrogen-bond acceptors (Lipinski definition) is 7. The molecule has 0 aliphatic carbocycles. The molecule has 0 bridgehead atoms. The fraction of sp³-hybridized carbons (Fsp3) is 0.920. The molecule has 0 radical (unpaired) electrons. The Morgan fingerprint density at radius 3 is 1.86 bits per heavy atom. The number of rotatable bonds is 25. The molecule has 0 fully saturated rings. The number of phosphoric ester groups is 1. The molecule has 0 saturated heterocycles. The lowest BCUT2D eigenvalue weighted by Gasteiger charge is -2.15. The SMILES string of the molecule is CCCCCCCCCCC(=O)OCC(O)COP(=O)(O)OCCNC(=O)CCCCCCCC. The predicted octanol–water partition coefficient (Wildman–Crippen LogP) is 5.42. The molecule has 0 aromatic rings. The first kappa shape index (κ1) is 34.0. The van der Waals surface area contributed by atoms with Crippen molar-refractivity contribution in [2.75, 3.05) is 26.4 Å². The molecule has 0 aromatic carbocycles. The summed E-state index contributed by atoms with van der Waals surface area (Å²) in [5.74, 6) is -0.530. The highest BCUT2D eigenvalue weighted by atomic mass is 31.2. The number of nitrogens with one attached hydrogen (secondary N) is 1. The highest BCUT2D eigenvalue weighted by molar-refractivity contribution is 7.47. The van der Waals surface area contributed by atoms with Gasteiger partial charge >= 0.3 is 13.8 Å². The van der Waals surface area contributed by atoms with E-state index in [1.165, 1.54) is 51.4 Å². The lowest BCUT2D eigenvalue weighted by atomic mass is 10.1. The first-order valence-electron chi connectivity index (χ1n) is 13.5. The number of unbranched alkanes of at least 4 members (excludes halogenated alkanes) is 12. The minimum Gasteiger partial charge on any atom is -0.463 e. The van der Waals surface area contributed by atoms with E-state index < -0.39 is 26.5 Å². The van der Waals surface area contributed by atoms with Crippen molar-refractivity contribution >= 4 is 19.7 Å². The third kappa shape index (κ3) is 24.5. The lowest BCUT2D eigenvalue weighted by Crippen LogP contribution is -2.27. The first-order chi connectivity index (χ1) is 16.8. The zero-order valence-corrected chi connectivity index (χ0v) is 22.9. The van der Waals surface area contributed by atoms with Gasteiger partial charge < -0.3 is 20.1 Å². The number of ether oxygens (including phenoxy) is 1. The van der Waals surface area contributed by atoms with Gasteiger partial charge in [0.05, 0.1) is 13.2 Å². The van der Waals surface area contributed by atoms with E-state index in [1.807, 2.05) is 0 Å². The molecule has 0 saturated carbocycles. The Morgan fingerprint density at radius 1 is 0.771 bits per heavy atom. The van der Waals surface area contributed by atoms with Crippen LogP contribution in [-0.2, 0) is 27.9 Å². The molecule has 0 spiro atoms. The van der Waals surface area contributed by atoms with Gasteiger partial charge in [0.1, 0.15) is 12.7 Å². The van der Waals surface area contributed by atoms with Gasteiger partial charge in [0.15, 0.2) is 0 Å². The molecule has 0 aliphatic rings. The van der Waals surface area contributed by atoms with Gasteiger partial charge in [-0.15, -0.1) is 0 Å². The summed E-state index contributed by atoms with van der Waals surface area (Å²) in [5.41, 5.74) is 0. The van der Waals surface area contributed by atoms with Crippen LogP contribution in [0.15, 0.2) is 0 Å². The van der Waals surface area contributed by atoms with Gasteiger partial charge in [-0.2, -0.15) is 0 Å². The van der Waals surface area contributed by atoms with Crippen molar-refractivity contribution in [1.82, 2.24) is 5.32 Å². The van der Waals surface area contributed by atoms with Crippen molar-refractivity contribution in [1.29, 1.82) is 0 Å². The second-order valence-corrected chi connectivity index (χ2v) is 10.5. The summed E-state index contributed by atoms with van der Waals surface area (Å²) in [4.78, 5) is 33.1. The van der Waals surface area contributed by atoms with Crippen LogP contribution in [0, 0.1) is 0 Å². The van der Waals surface area contributed by atoms with Gasteiger partial charge in [-0.1, -0.05) is 90.9 Å². The maximum absolute atomic E-state index is 11.9. The fourth-order valence-electron chi connectivity index (χ4n) is 3.44. The Labute approximate surface area is 212 Å². The van der Waals surface area contributed by atoms with Gasteiger partial charge in [0.25, 0.3) is 0 Å². The van der Waals surface area contributed by atoms with Crippen molar-refractivity contribution in [3.63, 3.8) is 0 Å². The predicted molar refractivity (Wildman–Crippen MR) is 137 cm³/mol. The quantitative estimate of drug-likeness (QED) is 0.0821. The van der Waals surface area contributed by atoms with E-state index in [0.29, 0.717) is 6.42 Å². The highest BCUT2D eigenvalue weighted by Gasteiger charge is 2.23. The summed E-state index contributed by atoms with van der Waals surface area (Å²) in [6.07, 6.45) is 15.0. The zero-order valence-electron chi connectivity index (χ0n) is 22.0. The fourth-order valence-corrected chi connectivity index (χ4v) is 4.19. The number of carbonyl (C=O) groups excluding carboxylic acids is 2. The summed E-state index contributed by atoms with van der Waals surface area (Å²) < 4.78 is 26.4. The van der Waals surface area contributed by atoms with E-state index in [1.54, 1.807) is 0 Å². The topological polar surface area (TPSA) is 131 Å². The van der Waals surface area contributed by atoms with Crippen molar-refractivity contribution in [2.45, 2.75) is 123 Å². The summed E-state index contributed by atoms with van der Waals surface area (Å²) >= 11 is 0. The molecule has 2 unspecified atom stereocenters. The summed E-state index contributed by atoms with van der Waals surface area (Å²) in [6.45, 7) is 3.41. The number of phosphoric acid groups is 1. The third-order valence-electron chi connectivity index (χ3n) is 5.54. The monoisotopic (exact) mass is 523 g/mol. The summed E-state index contributed by atoms with van der Waals surface area (Å²) in [7, 11) is -4.38. The van der Waals surface area contributed by atoms with Crippen molar-refractivity contribution in [3.8, 4) is 0 Å². The second kappa shape index (κ2) is 23.4. The molecular weight excluding hydrogens is 473 g/mol. The average Bonchev–Trinajstić information content (AvgIpc) is 2.83. The van der Waals surface area contributed by atoms with E-state index in [4.69, 9.17) is 13.8 Å². The molecular formula is C25H50NO8P. The number of hydrogen-bond donors (Lipinski definition) is 3. The Balaban J connectivity index is 3.71. The maximum Gasteiger partial charge on any atom is 0.472 e. The molecule has 208 valence electrons. The molecule has 1 amide bonds. The normalized spacial score (nSPS) is 13.8. The van der Waals surface area contributed by atoms with E-state index in [2.05, 4.69) is 19.2 Å². The van der Waals surface area contributed by atoms with Crippen LogP contribution in [0.4, 0.5) is 0 Å². The molecule has 0 rings (SSSR count). The van der Waals surface area contributed by atoms with Crippen molar-refractivity contribution in [2.24, 2.45) is 0 Å². The van der Waals surface area contributed by atoms with Crippen LogP contribution >= 0.6 is 7.82 Å². The van der Waals surface area contributed by atoms with Crippen molar-refractivity contribution < 1.29 is 37.9 Å². The van der Waals surface area contributed by atoms with E-state index in [0.717, 1.165) is 38.5 Å². The maximum atomic E-state index is 11.9. The van der Waals surface area contributed by atoms with Gasteiger partial charge in [-0.05, 0) is 12.8 Å². The standard InChI is InChI=1S/C25H50NO8P/c1-3-5-7-9-11-12-14-16-18-25(29)32-21-23(27)22-34-35(30,31)33-20-19-26-24(28)17-15-13-10-8-6-4-2/h23,27H,3-22H2,1-2H3,(H,26,28)(H,30,31). The Hall–Kier alpha value is -0.990. The molecule has 0 heterocycles. The van der Waals surface area contributed by atoms with Gasteiger partial charge in [0.2, 0.25) is 5.91 Å². The molecule has 9 nitrogen and oxygen atoms in total. The highest BCUT2D eigenvalue weighted by Crippen LogP contribution is 2.42. The minimum atomic E-state index is -4.38. The average molecular weight is 524 g/mol. The van der Waals surface area contributed by atoms with Crippen molar-refractivity contribution in [3.05, 3.63) is 0 Å². The van der Waals surface area contributed by atoms with E-state index in [-0.39, 0.29) is 32.1 Å². The second-order valence-electron chi connectivity index (χ2n) is 9.03. The van der Waals surface area contributed by atoms with Gasteiger partial charge in [0, 0.05) is 19.4 Å². The third-order valence-corrected chi connectivity index (χ3v) is 6.52. The van der Waals surface area contributed by atoms with Crippen LogP contribution in [0.25, 0.3) is 0 Å². The minimum absolute atomic E-state index is 0.0848.